The van der Waals surface area contributed by atoms with Crippen LogP contribution in [0.3, 0.4) is 0 Å². The van der Waals surface area contributed by atoms with Crippen LogP contribution >= 0.6 is 0 Å². The van der Waals surface area contributed by atoms with E-state index in [-0.39, 0.29) is 0 Å². The summed E-state index contributed by atoms with van der Waals surface area (Å²) in [5, 5.41) is 3.30. The van der Waals surface area contributed by atoms with Crippen LogP contribution in [0.15, 0.2) is 18.2 Å². The third kappa shape index (κ3) is 4.88. The number of halogens is 3. The van der Waals surface area contributed by atoms with Gasteiger partial charge in [-0.25, -0.2) is 0 Å². The smallest absolute Gasteiger partial charge is 0.416 e. The molecule has 6 heteroatoms. The number of nitrogens with one attached hydrogen (secondary N) is 1. The van der Waals surface area contributed by atoms with Gasteiger partial charge >= 0.3 is 6.18 Å². The molecule has 0 spiro atoms. The number of nitrogens with zero attached hydrogens (tertiary/aromatic N) is 1. The molecule has 1 N–H and O–H groups in total. The van der Waals surface area contributed by atoms with Crippen molar-refractivity contribution in [2.24, 2.45) is 0 Å². The van der Waals surface area contributed by atoms with Crippen LogP contribution in [0.4, 0.5) is 13.2 Å². The van der Waals surface area contributed by atoms with Crippen molar-refractivity contribution >= 4 is 0 Å². The molecule has 0 saturated carbocycles. The predicted octanol–water partition coefficient (Wildman–Crippen LogP) is 2.94. The molecule has 1 saturated heterocycles. The number of unbranched alkanes of at least 4 members (excludes halogenated alkanes) is 1. The lowest BCUT2D eigenvalue weighted by Crippen LogP contribution is -2.43. The topological polar surface area (TPSA) is 24.5 Å². The average molecular weight is 316 g/mol. The largest absolute Gasteiger partial charge is 0.496 e. The SMILES string of the molecule is COc1ccc(C(F)(F)F)cc1CCCCN1CCNCC1. The van der Waals surface area contributed by atoms with Crippen molar-refractivity contribution in [2.75, 3.05) is 39.8 Å². The molecule has 3 nitrogen and oxygen atoms in total. The molecule has 0 unspecified atom stereocenters. The highest BCUT2D eigenvalue weighted by Gasteiger charge is 2.31. The van der Waals surface area contributed by atoms with E-state index in [2.05, 4.69) is 10.2 Å². The second kappa shape index (κ2) is 7.83. The molecule has 124 valence electrons. The van der Waals surface area contributed by atoms with E-state index in [1.807, 2.05) is 0 Å². The molecular weight excluding hydrogens is 293 g/mol. The lowest BCUT2D eigenvalue weighted by Gasteiger charge is -2.27. The van der Waals surface area contributed by atoms with Gasteiger partial charge in [0, 0.05) is 26.2 Å². The predicted molar refractivity (Wildman–Crippen MR) is 80.2 cm³/mol. The Bertz CT molecular complexity index is 471. The van der Waals surface area contributed by atoms with Crippen LogP contribution in [0.1, 0.15) is 24.0 Å². The highest BCUT2D eigenvalue weighted by atomic mass is 19.4. The molecule has 1 fully saturated rings. The van der Waals surface area contributed by atoms with Gasteiger partial charge in [-0.2, -0.15) is 13.2 Å². The molecule has 2 rings (SSSR count). The molecule has 1 aromatic rings. The highest BCUT2D eigenvalue weighted by Crippen LogP contribution is 2.33. The monoisotopic (exact) mass is 316 g/mol. The van der Waals surface area contributed by atoms with Crippen molar-refractivity contribution in [3.8, 4) is 5.75 Å². The van der Waals surface area contributed by atoms with Crippen LogP contribution < -0.4 is 10.1 Å². The van der Waals surface area contributed by atoms with Gasteiger partial charge in [0.15, 0.2) is 0 Å². The molecule has 0 bridgehead atoms. The molecule has 0 aromatic heterocycles. The Balaban J connectivity index is 1.87. The standard InChI is InChI=1S/C16H23F3N2O/c1-22-15-6-5-14(16(17,18)19)12-13(15)4-2-3-9-21-10-7-20-8-11-21/h5-6,12,20H,2-4,7-11H2,1H3. The zero-order valence-corrected chi connectivity index (χ0v) is 12.9. The van der Waals surface area contributed by atoms with Gasteiger partial charge in [0.05, 0.1) is 12.7 Å². The van der Waals surface area contributed by atoms with Gasteiger partial charge in [-0.1, -0.05) is 0 Å². The number of ether oxygens (including phenoxy) is 1. The Morgan fingerprint density at radius 2 is 1.91 bits per heavy atom. The van der Waals surface area contributed by atoms with Crippen molar-refractivity contribution in [1.29, 1.82) is 0 Å². The summed E-state index contributed by atoms with van der Waals surface area (Å²) in [5.74, 6) is 0.537. The van der Waals surface area contributed by atoms with E-state index in [9.17, 15) is 13.2 Å². The first-order valence-corrected chi connectivity index (χ1v) is 7.68. The van der Waals surface area contributed by atoms with Crippen molar-refractivity contribution in [3.63, 3.8) is 0 Å². The number of benzene rings is 1. The lowest BCUT2D eigenvalue weighted by molar-refractivity contribution is -0.137. The highest BCUT2D eigenvalue weighted by molar-refractivity contribution is 5.38. The molecule has 0 atom stereocenters. The van der Waals surface area contributed by atoms with Crippen LogP contribution in [-0.2, 0) is 12.6 Å². The Labute approximate surface area is 129 Å². The maximum absolute atomic E-state index is 12.8. The second-order valence-electron chi connectivity index (χ2n) is 5.57. The van der Waals surface area contributed by atoms with Gasteiger partial charge in [0.2, 0.25) is 0 Å². The van der Waals surface area contributed by atoms with E-state index in [0.29, 0.717) is 17.7 Å². The van der Waals surface area contributed by atoms with Gasteiger partial charge in [0.25, 0.3) is 0 Å². The number of hydrogen-bond acceptors (Lipinski definition) is 3. The first-order chi connectivity index (χ1) is 10.5. The lowest BCUT2D eigenvalue weighted by atomic mass is 10.0. The fraction of sp³-hybridized carbons (Fsp3) is 0.625. The zero-order valence-electron chi connectivity index (χ0n) is 12.9. The Kier molecular flexibility index (Phi) is 6.08. The molecule has 0 radical (unpaired) electrons. The second-order valence-corrected chi connectivity index (χ2v) is 5.57. The Hall–Kier alpha value is -1.27. The maximum Gasteiger partial charge on any atom is 0.416 e. The fourth-order valence-corrected chi connectivity index (χ4v) is 2.74. The van der Waals surface area contributed by atoms with Crippen LogP contribution in [-0.4, -0.2) is 44.7 Å². The van der Waals surface area contributed by atoms with E-state index in [4.69, 9.17) is 4.74 Å². The third-order valence-electron chi connectivity index (χ3n) is 3.99. The molecule has 1 aliphatic heterocycles. The molecule has 0 aliphatic carbocycles. The van der Waals surface area contributed by atoms with E-state index < -0.39 is 11.7 Å². The van der Waals surface area contributed by atoms with Crippen LogP contribution in [0.25, 0.3) is 0 Å². The minimum absolute atomic E-state index is 0.537. The summed E-state index contributed by atoms with van der Waals surface area (Å²) in [6.07, 6.45) is -1.85. The van der Waals surface area contributed by atoms with Gasteiger partial charge < -0.3 is 15.0 Å². The van der Waals surface area contributed by atoms with E-state index >= 15 is 0 Å². The fourth-order valence-electron chi connectivity index (χ4n) is 2.74. The van der Waals surface area contributed by atoms with Crippen molar-refractivity contribution in [2.45, 2.75) is 25.4 Å². The summed E-state index contributed by atoms with van der Waals surface area (Å²) in [6, 6.07) is 3.70. The molecule has 22 heavy (non-hydrogen) atoms. The molecule has 0 amide bonds. The van der Waals surface area contributed by atoms with E-state index in [1.54, 1.807) is 0 Å². The number of hydrogen-bond donors (Lipinski definition) is 1. The summed E-state index contributed by atoms with van der Waals surface area (Å²) in [6.45, 7) is 5.13. The zero-order chi connectivity index (χ0) is 16.0. The summed E-state index contributed by atoms with van der Waals surface area (Å²) < 4.78 is 43.5. The minimum Gasteiger partial charge on any atom is -0.496 e. The van der Waals surface area contributed by atoms with Crippen molar-refractivity contribution < 1.29 is 17.9 Å². The van der Waals surface area contributed by atoms with Gasteiger partial charge in [-0.15, -0.1) is 0 Å². The third-order valence-corrected chi connectivity index (χ3v) is 3.99. The van der Waals surface area contributed by atoms with Crippen LogP contribution in [0.5, 0.6) is 5.75 Å². The van der Waals surface area contributed by atoms with E-state index in [1.165, 1.54) is 19.2 Å². The Morgan fingerprint density at radius 3 is 2.55 bits per heavy atom. The number of alkyl halides is 3. The summed E-state index contributed by atoms with van der Waals surface area (Å²) in [7, 11) is 1.49. The van der Waals surface area contributed by atoms with Crippen LogP contribution in [0.2, 0.25) is 0 Å². The van der Waals surface area contributed by atoms with Crippen molar-refractivity contribution in [3.05, 3.63) is 29.3 Å². The first-order valence-electron chi connectivity index (χ1n) is 7.68. The first kappa shape index (κ1) is 17.1. The average Bonchev–Trinajstić information content (AvgIpc) is 2.51. The van der Waals surface area contributed by atoms with Gasteiger partial charge in [-0.05, 0) is 49.6 Å². The summed E-state index contributed by atoms with van der Waals surface area (Å²) >= 11 is 0. The molecule has 1 heterocycles. The normalized spacial score (nSPS) is 16.7. The van der Waals surface area contributed by atoms with Gasteiger partial charge in [-0.3, -0.25) is 0 Å². The summed E-state index contributed by atoms with van der Waals surface area (Å²) in [4.78, 5) is 2.39. The molecular formula is C16H23F3N2O. The minimum atomic E-state index is -4.30. The summed E-state index contributed by atoms with van der Waals surface area (Å²) in [5.41, 5.74) is 0.0306. The number of rotatable bonds is 6. The number of piperazine rings is 1. The van der Waals surface area contributed by atoms with Gasteiger partial charge in [0.1, 0.15) is 5.75 Å². The molecule has 1 aromatic carbocycles. The van der Waals surface area contributed by atoms with Crippen LogP contribution in [0, 0.1) is 0 Å². The number of methoxy groups -OCH3 is 1. The number of aryl methyl sites for hydroxylation is 1. The van der Waals surface area contributed by atoms with Crippen molar-refractivity contribution in [1.82, 2.24) is 10.2 Å². The molecule has 1 aliphatic rings. The quantitative estimate of drug-likeness (QED) is 0.817. The van der Waals surface area contributed by atoms with E-state index in [0.717, 1.165) is 51.6 Å². The Morgan fingerprint density at radius 1 is 1.18 bits per heavy atom. The maximum atomic E-state index is 12.8.